The van der Waals surface area contributed by atoms with Gasteiger partial charge in [-0.15, -0.1) is 0 Å². The lowest BCUT2D eigenvalue weighted by molar-refractivity contribution is -0.139. The van der Waals surface area contributed by atoms with Gasteiger partial charge >= 0.3 is 0 Å². The largest absolute Gasteiger partial charge is 0.490 e. The zero-order valence-electron chi connectivity index (χ0n) is 18.1. The molecule has 0 N–H and O–H groups in total. The number of benzene rings is 2. The minimum absolute atomic E-state index is 0.128. The van der Waals surface area contributed by atoms with Crippen molar-refractivity contribution < 1.29 is 19.1 Å². The van der Waals surface area contributed by atoms with Crippen LogP contribution in [0.15, 0.2) is 42.5 Å². The van der Waals surface area contributed by atoms with Gasteiger partial charge in [-0.25, -0.2) is 0 Å². The summed E-state index contributed by atoms with van der Waals surface area (Å²) in [5.41, 5.74) is 3.30. The van der Waals surface area contributed by atoms with E-state index in [1.165, 1.54) is 5.56 Å². The van der Waals surface area contributed by atoms with E-state index in [9.17, 15) is 9.59 Å². The van der Waals surface area contributed by atoms with Gasteiger partial charge in [0.2, 0.25) is 11.8 Å². The van der Waals surface area contributed by atoms with Crippen LogP contribution in [-0.2, 0) is 22.4 Å². The van der Waals surface area contributed by atoms with E-state index in [1.54, 1.807) is 0 Å². The number of nitrogens with zero attached hydrogens (tertiary/aromatic N) is 2. The number of ether oxygens (including phenoxy) is 2. The van der Waals surface area contributed by atoms with Gasteiger partial charge in [-0.1, -0.05) is 35.9 Å². The SMILES string of the molecule is Cc1ccc(CC(=O)N2CCN(C(=O)CCc3ccc4c(c3)OCCCO4)CC2)cc1. The molecule has 2 aromatic rings. The molecule has 164 valence electrons. The van der Waals surface area contributed by atoms with Gasteiger partial charge in [0.25, 0.3) is 0 Å². The van der Waals surface area contributed by atoms with Gasteiger partial charge in [0, 0.05) is 39.0 Å². The molecule has 0 bridgehead atoms. The van der Waals surface area contributed by atoms with E-state index in [4.69, 9.17) is 9.47 Å². The topological polar surface area (TPSA) is 59.1 Å². The predicted molar refractivity (Wildman–Crippen MR) is 118 cm³/mol. The maximum Gasteiger partial charge on any atom is 0.227 e. The van der Waals surface area contributed by atoms with E-state index in [-0.39, 0.29) is 11.8 Å². The standard InChI is InChI=1S/C25H30N2O4/c1-19-3-5-21(6-4-19)18-25(29)27-13-11-26(12-14-27)24(28)10-8-20-7-9-22-23(17-20)31-16-2-15-30-22/h3-7,9,17H,2,8,10-16,18H2,1H3. The van der Waals surface area contributed by atoms with E-state index in [0.717, 1.165) is 29.0 Å². The Morgan fingerprint density at radius 2 is 1.42 bits per heavy atom. The molecule has 6 nitrogen and oxygen atoms in total. The lowest BCUT2D eigenvalue weighted by atomic mass is 10.1. The second-order valence-corrected chi connectivity index (χ2v) is 8.26. The van der Waals surface area contributed by atoms with Gasteiger partial charge in [0.05, 0.1) is 19.6 Å². The van der Waals surface area contributed by atoms with Gasteiger partial charge < -0.3 is 19.3 Å². The molecule has 1 saturated heterocycles. The molecule has 31 heavy (non-hydrogen) atoms. The first-order chi connectivity index (χ1) is 15.1. The summed E-state index contributed by atoms with van der Waals surface area (Å²) in [4.78, 5) is 29.0. The number of rotatable bonds is 5. The van der Waals surface area contributed by atoms with Crippen molar-refractivity contribution in [2.24, 2.45) is 0 Å². The van der Waals surface area contributed by atoms with Crippen LogP contribution in [0, 0.1) is 6.92 Å². The number of aryl methyl sites for hydroxylation is 2. The normalized spacial score (nSPS) is 16.0. The summed E-state index contributed by atoms with van der Waals surface area (Å²) in [5.74, 6) is 1.81. The molecule has 0 aliphatic carbocycles. The summed E-state index contributed by atoms with van der Waals surface area (Å²) in [6, 6.07) is 14.0. The third-order valence-corrected chi connectivity index (χ3v) is 5.90. The highest BCUT2D eigenvalue weighted by Crippen LogP contribution is 2.30. The number of fused-ring (bicyclic) bond motifs is 1. The molecular formula is C25H30N2O4. The maximum atomic E-state index is 12.7. The molecule has 2 amide bonds. The van der Waals surface area contributed by atoms with Crippen LogP contribution in [0.1, 0.15) is 29.5 Å². The van der Waals surface area contributed by atoms with E-state index in [2.05, 4.69) is 0 Å². The van der Waals surface area contributed by atoms with Crippen molar-refractivity contribution in [3.63, 3.8) is 0 Å². The second kappa shape index (κ2) is 9.86. The molecule has 0 unspecified atom stereocenters. The average Bonchev–Trinajstić information content (AvgIpc) is 3.04. The Kier molecular flexibility index (Phi) is 6.75. The Morgan fingerprint density at radius 1 is 0.806 bits per heavy atom. The predicted octanol–water partition coefficient (Wildman–Crippen LogP) is 3.00. The van der Waals surface area contributed by atoms with E-state index in [1.807, 2.05) is 59.2 Å². The van der Waals surface area contributed by atoms with Crippen LogP contribution in [0.5, 0.6) is 11.5 Å². The third-order valence-electron chi connectivity index (χ3n) is 5.90. The summed E-state index contributed by atoms with van der Waals surface area (Å²) >= 11 is 0. The molecule has 0 spiro atoms. The minimum atomic E-state index is 0.128. The smallest absolute Gasteiger partial charge is 0.227 e. The minimum Gasteiger partial charge on any atom is -0.490 e. The lowest BCUT2D eigenvalue weighted by Crippen LogP contribution is -2.51. The van der Waals surface area contributed by atoms with Crippen LogP contribution >= 0.6 is 0 Å². The Morgan fingerprint density at radius 3 is 2.13 bits per heavy atom. The Labute approximate surface area is 183 Å². The Bertz CT molecular complexity index is 918. The summed E-state index contributed by atoms with van der Waals surface area (Å²) in [5, 5.41) is 0. The van der Waals surface area contributed by atoms with Crippen LogP contribution in [0.4, 0.5) is 0 Å². The number of hydrogen-bond donors (Lipinski definition) is 0. The Balaban J connectivity index is 1.23. The fourth-order valence-electron chi connectivity index (χ4n) is 3.97. The molecule has 0 saturated carbocycles. The second-order valence-electron chi connectivity index (χ2n) is 8.26. The number of carbonyl (C=O) groups is 2. The van der Waals surface area contributed by atoms with Crippen molar-refractivity contribution >= 4 is 11.8 Å². The van der Waals surface area contributed by atoms with Crippen LogP contribution in [0.3, 0.4) is 0 Å². The number of amides is 2. The molecular weight excluding hydrogens is 392 g/mol. The summed E-state index contributed by atoms with van der Waals surface area (Å²) in [6.45, 7) is 5.75. The van der Waals surface area contributed by atoms with E-state index >= 15 is 0 Å². The van der Waals surface area contributed by atoms with Gasteiger partial charge in [-0.3, -0.25) is 9.59 Å². The lowest BCUT2D eigenvalue weighted by Gasteiger charge is -2.35. The monoisotopic (exact) mass is 422 g/mol. The first-order valence-corrected chi connectivity index (χ1v) is 11.1. The highest BCUT2D eigenvalue weighted by molar-refractivity contribution is 5.80. The molecule has 0 atom stereocenters. The molecule has 0 radical (unpaired) electrons. The molecule has 2 heterocycles. The van der Waals surface area contributed by atoms with E-state index in [0.29, 0.717) is 58.7 Å². The van der Waals surface area contributed by atoms with Gasteiger partial charge in [0.15, 0.2) is 11.5 Å². The zero-order chi connectivity index (χ0) is 21.6. The zero-order valence-corrected chi connectivity index (χ0v) is 18.1. The quantitative estimate of drug-likeness (QED) is 0.743. The van der Waals surface area contributed by atoms with Crippen molar-refractivity contribution in [3.05, 3.63) is 59.2 Å². The van der Waals surface area contributed by atoms with Crippen molar-refractivity contribution in [2.75, 3.05) is 39.4 Å². The first kappa shape index (κ1) is 21.2. The van der Waals surface area contributed by atoms with Crippen molar-refractivity contribution in [1.82, 2.24) is 9.80 Å². The fourth-order valence-corrected chi connectivity index (χ4v) is 3.97. The van der Waals surface area contributed by atoms with E-state index < -0.39 is 0 Å². The fraction of sp³-hybridized carbons (Fsp3) is 0.440. The maximum absolute atomic E-state index is 12.7. The summed E-state index contributed by atoms with van der Waals surface area (Å²) in [6.07, 6.45) is 2.42. The molecule has 0 aromatic heterocycles. The first-order valence-electron chi connectivity index (χ1n) is 11.1. The molecule has 1 fully saturated rings. The van der Waals surface area contributed by atoms with Crippen LogP contribution in [0.25, 0.3) is 0 Å². The van der Waals surface area contributed by atoms with Crippen molar-refractivity contribution in [3.8, 4) is 11.5 Å². The molecule has 2 aromatic carbocycles. The van der Waals surface area contributed by atoms with Crippen molar-refractivity contribution in [2.45, 2.75) is 32.6 Å². The molecule has 2 aliphatic rings. The summed E-state index contributed by atoms with van der Waals surface area (Å²) < 4.78 is 11.4. The number of piperazine rings is 1. The average molecular weight is 423 g/mol. The van der Waals surface area contributed by atoms with Gasteiger partial charge in [0.1, 0.15) is 0 Å². The van der Waals surface area contributed by atoms with Crippen LogP contribution in [-0.4, -0.2) is 61.0 Å². The molecule has 6 heteroatoms. The van der Waals surface area contributed by atoms with Gasteiger partial charge in [-0.05, 0) is 36.6 Å². The van der Waals surface area contributed by atoms with Gasteiger partial charge in [-0.2, -0.15) is 0 Å². The highest BCUT2D eigenvalue weighted by atomic mass is 16.5. The molecule has 4 rings (SSSR count). The van der Waals surface area contributed by atoms with Crippen molar-refractivity contribution in [1.29, 1.82) is 0 Å². The number of hydrogen-bond acceptors (Lipinski definition) is 4. The number of carbonyl (C=O) groups excluding carboxylic acids is 2. The molecule has 2 aliphatic heterocycles. The Hall–Kier alpha value is -3.02. The summed E-state index contributed by atoms with van der Waals surface area (Å²) in [7, 11) is 0. The van der Waals surface area contributed by atoms with Crippen LogP contribution in [0.2, 0.25) is 0 Å². The third kappa shape index (κ3) is 5.57. The highest BCUT2D eigenvalue weighted by Gasteiger charge is 2.24. The van der Waals surface area contributed by atoms with Crippen LogP contribution < -0.4 is 9.47 Å².